The molecule has 1 rings (SSSR count). The Bertz CT molecular complexity index is 343. The second-order valence-electron chi connectivity index (χ2n) is 6.89. The smallest absolute Gasteiger partial charge is 0.211 e. The molecule has 0 bridgehead atoms. The number of hydrogen-bond acceptors (Lipinski definition) is 2. The third kappa shape index (κ3) is 6.19. The van der Waals surface area contributed by atoms with Crippen molar-refractivity contribution in [2.45, 2.75) is 72.3 Å². The molecule has 1 saturated carbocycles. The Morgan fingerprint density at radius 3 is 2.44 bits per heavy atom. The second kappa shape index (κ2) is 6.38. The van der Waals surface area contributed by atoms with Crippen LogP contribution in [0.5, 0.6) is 0 Å². The Labute approximate surface area is 113 Å². The molecular weight excluding hydrogens is 246 g/mol. The van der Waals surface area contributed by atoms with Gasteiger partial charge in [-0.15, -0.1) is 0 Å². The van der Waals surface area contributed by atoms with Crippen LogP contribution >= 0.6 is 0 Å². The highest BCUT2D eigenvalue weighted by atomic mass is 32.2. The summed E-state index contributed by atoms with van der Waals surface area (Å²) in [7, 11) is -3.10. The van der Waals surface area contributed by atoms with Gasteiger partial charge < -0.3 is 0 Å². The summed E-state index contributed by atoms with van der Waals surface area (Å²) in [6, 6.07) is 0.175. The van der Waals surface area contributed by atoms with Crippen molar-refractivity contribution in [2.75, 3.05) is 5.75 Å². The standard InChI is InChI=1S/C14H29NO2S/c1-5-12-7-6-8-13(11-12)15-18(16,17)10-9-14(2,3)4/h12-13,15H,5-11H2,1-4H3/t12-,13-/m1/s1. The average molecular weight is 275 g/mol. The predicted molar refractivity (Wildman–Crippen MR) is 77.0 cm³/mol. The van der Waals surface area contributed by atoms with E-state index in [0.717, 1.165) is 19.3 Å². The van der Waals surface area contributed by atoms with Gasteiger partial charge in [0.2, 0.25) is 10.0 Å². The van der Waals surface area contributed by atoms with E-state index in [-0.39, 0.29) is 17.2 Å². The topological polar surface area (TPSA) is 46.2 Å². The molecule has 0 amide bonds. The van der Waals surface area contributed by atoms with E-state index in [1.807, 2.05) is 0 Å². The zero-order valence-corrected chi connectivity index (χ0v) is 13.1. The molecule has 18 heavy (non-hydrogen) atoms. The maximum absolute atomic E-state index is 12.0. The maximum atomic E-state index is 12.0. The van der Waals surface area contributed by atoms with Crippen LogP contribution < -0.4 is 4.72 Å². The molecule has 1 N–H and O–H groups in total. The van der Waals surface area contributed by atoms with E-state index in [2.05, 4.69) is 32.4 Å². The van der Waals surface area contributed by atoms with Crippen LogP contribution in [0.2, 0.25) is 0 Å². The van der Waals surface area contributed by atoms with Crippen LogP contribution in [-0.4, -0.2) is 20.2 Å². The first kappa shape index (κ1) is 16.0. The van der Waals surface area contributed by atoms with Gasteiger partial charge in [0.1, 0.15) is 0 Å². The van der Waals surface area contributed by atoms with Gasteiger partial charge in [-0.1, -0.05) is 47.0 Å². The normalized spacial score (nSPS) is 26.2. The van der Waals surface area contributed by atoms with Crippen molar-refractivity contribution in [3.05, 3.63) is 0 Å². The SMILES string of the molecule is CC[C@@H]1CCC[C@@H](NS(=O)(=O)CCC(C)(C)C)C1. The Hall–Kier alpha value is -0.0900. The Balaban J connectivity index is 2.45. The van der Waals surface area contributed by atoms with Gasteiger partial charge in [-0.3, -0.25) is 0 Å². The minimum atomic E-state index is -3.10. The summed E-state index contributed by atoms with van der Waals surface area (Å²) in [5.41, 5.74) is 0.0767. The van der Waals surface area contributed by atoms with Crippen molar-refractivity contribution in [1.29, 1.82) is 0 Å². The fraction of sp³-hybridized carbons (Fsp3) is 1.00. The Morgan fingerprint density at radius 1 is 1.22 bits per heavy atom. The molecule has 3 nitrogen and oxygen atoms in total. The first-order chi connectivity index (χ1) is 8.22. The minimum absolute atomic E-state index is 0.0767. The van der Waals surface area contributed by atoms with E-state index >= 15 is 0 Å². The molecule has 0 saturated heterocycles. The van der Waals surface area contributed by atoms with Crippen LogP contribution in [0.4, 0.5) is 0 Å². The molecule has 0 aromatic heterocycles. The molecule has 4 heteroatoms. The molecule has 1 aliphatic carbocycles. The van der Waals surface area contributed by atoms with E-state index in [4.69, 9.17) is 0 Å². The quantitative estimate of drug-likeness (QED) is 0.836. The minimum Gasteiger partial charge on any atom is -0.212 e. The van der Waals surface area contributed by atoms with E-state index in [9.17, 15) is 8.42 Å². The first-order valence-electron chi connectivity index (χ1n) is 7.22. The largest absolute Gasteiger partial charge is 0.212 e. The third-order valence-corrected chi connectivity index (χ3v) is 5.26. The number of nitrogens with one attached hydrogen (secondary N) is 1. The Kier molecular flexibility index (Phi) is 5.66. The highest BCUT2D eigenvalue weighted by molar-refractivity contribution is 7.89. The molecule has 2 atom stereocenters. The van der Waals surface area contributed by atoms with Crippen LogP contribution in [0.25, 0.3) is 0 Å². The molecule has 1 aliphatic rings. The fourth-order valence-corrected chi connectivity index (χ4v) is 4.24. The van der Waals surface area contributed by atoms with Gasteiger partial charge in [0.15, 0.2) is 0 Å². The van der Waals surface area contributed by atoms with E-state index in [1.165, 1.54) is 12.8 Å². The van der Waals surface area contributed by atoms with Crippen LogP contribution in [0, 0.1) is 11.3 Å². The van der Waals surface area contributed by atoms with E-state index < -0.39 is 10.0 Å². The first-order valence-corrected chi connectivity index (χ1v) is 8.87. The zero-order valence-electron chi connectivity index (χ0n) is 12.3. The molecule has 0 heterocycles. The van der Waals surface area contributed by atoms with Gasteiger partial charge >= 0.3 is 0 Å². The number of hydrogen-bond donors (Lipinski definition) is 1. The highest BCUT2D eigenvalue weighted by Crippen LogP contribution is 2.27. The van der Waals surface area contributed by atoms with Gasteiger partial charge in [-0.25, -0.2) is 13.1 Å². The summed E-state index contributed by atoms with van der Waals surface area (Å²) in [6.07, 6.45) is 6.32. The molecule has 0 aliphatic heterocycles. The molecule has 0 aromatic carbocycles. The van der Waals surface area contributed by atoms with Gasteiger partial charge in [0.25, 0.3) is 0 Å². The zero-order chi connectivity index (χ0) is 13.8. The molecule has 0 unspecified atom stereocenters. The summed E-state index contributed by atoms with van der Waals surface area (Å²) in [4.78, 5) is 0. The maximum Gasteiger partial charge on any atom is 0.211 e. The van der Waals surface area contributed by atoms with E-state index in [0.29, 0.717) is 12.3 Å². The molecule has 0 radical (unpaired) electrons. The molecule has 0 aromatic rings. The molecule has 108 valence electrons. The predicted octanol–water partition coefficient (Wildman–Crippen LogP) is 3.31. The lowest BCUT2D eigenvalue weighted by Crippen LogP contribution is -2.40. The van der Waals surface area contributed by atoms with Gasteiger partial charge in [0, 0.05) is 6.04 Å². The van der Waals surface area contributed by atoms with Crippen molar-refractivity contribution in [3.63, 3.8) is 0 Å². The second-order valence-corrected chi connectivity index (χ2v) is 8.76. The van der Waals surface area contributed by atoms with Crippen molar-refractivity contribution in [1.82, 2.24) is 4.72 Å². The number of rotatable bonds is 5. The number of sulfonamides is 1. The summed E-state index contributed by atoms with van der Waals surface area (Å²) in [5.74, 6) is 0.957. The van der Waals surface area contributed by atoms with Crippen molar-refractivity contribution < 1.29 is 8.42 Å². The molecular formula is C14H29NO2S. The summed E-state index contributed by atoms with van der Waals surface area (Å²) in [5, 5.41) is 0. The van der Waals surface area contributed by atoms with Crippen LogP contribution in [0.15, 0.2) is 0 Å². The van der Waals surface area contributed by atoms with Crippen LogP contribution in [0.3, 0.4) is 0 Å². The molecule has 1 fully saturated rings. The fourth-order valence-electron chi connectivity index (χ4n) is 2.52. The monoisotopic (exact) mass is 275 g/mol. The van der Waals surface area contributed by atoms with Crippen molar-refractivity contribution >= 4 is 10.0 Å². The molecule has 0 spiro atoms. The summed E-state index contributed by atoms with van der Waals surface area (Å²) >= 11 is 0. The van der Waals surface area contributed by atoms with Gasteiger partial charge in [-0.2, -0.15) is 0 Å². The van der Waals surface area contributed by atoms with Crippen LogP contribution in [-0.2, 0) is 10.0 Å². The lowest BCUT2D eigenvalue weighted by atomic mass is 9.85. The van der Waals surface area contributed by atoms with Gasteiger partial charge in [-0.05, 0) is 30.6 Å². The average Bonchev–Trinajstić information content (AvgIpc) is 2.25. The summed E-state index contributed by atoms with van der Waals surface area (Å²) in [6.45, 7) is 8.43. The van der Waals surface area contributed by atoms with E-state index in [1.54, 1.807) is 0 Å². The lowest BCUT2D eigenvalue weighted by molar-refractivity contribution is 0.300. The summed E-state index contributed by atoms with van der Waals surface area (Å²) < 4.78 is 27.0. The van der Waals surface area contributed by atoms with Gasteiger partial charge in [0.05, 0.1) is 5.75 Å². The Morgan fingerprint density at radius 2 is 1.89 bits per heavy atom. The highest BCUT2D eigenvalue weighted by Gasteiger charge is 2.25. The van der Waals surface area contributed by atoms with Crippen molar-refractivity contribution in [3.8, 4) is 0 Å². The van der Waals surface area contributed by atoms with Crippen molar-refractivity contribution in [2.24, 2.45) is 11.3 Å². The third-order valence-electron chi connectivity index (χ3n) is 3.83. The van der Waals surface area contributed by atoms with Crippen LogP contribution in [0.1, 0.15) is 66.2 Å². The lowest BCUT2D eigenvalue weighted by Gasteiger charge is -2.29.